The normalized spacial score (nSPS) is 19.5. The Labute approximate surface area is 159 Å². The maximum Gasteiger partial charge on any atom is 0.302 e. The molecule has 1 aliphatic rings. The maximum absolute atomic E-state index is 11.6. The van der Waals surface area contributed by atoms with Crippen molar-refractivity contribution in [1.82, 2.24) is 9.97 Å². The summed E-state index contributed by atoms with van der Waals surface area (Å²) in [5.41, 5.74) is 9.80. The lowest BCUT2D eigenvalue weighted by molar-refractivity contribution is -0.147. The molecule has 0 saturated heterocycles. The molecule has 1 heterocycles. The average molecular weight is 367 g/mol. The number of amides is 1. The Kier molecular flexibility index (Phi) is 5.54. The van der Waals surface area contributed by atoms with E-state index >= 15 is 0 Å². The van der Waals surface area contributed by atoms with Gasteiger partial charge in [0.15, 0.2) is 0 Å². The number of esters is 1. The van der Waals surface area contributed by atoms with Gasteiger partial charge in [-0.2, -0.15) is 0 Å². The van der Waals surface area contributed by atoms with Crippen molar-refractivity contribution in [2.75, 3.05) is 0 Å². The molecular weight excluding hydrogens is 342 g/mol. The highest BCUT2D eigenvalue weighted by Crippen LogP contribution is 2.35. The second-order valence-electron chi connectivity index (χ2n) is 7.16. The molecule has 1 aromatic heterocycles. The number of aromatic nitrogens is 2. The predicted octanol–water partition coefficient (Wildman–Crippen LogP) is 3.45. The molecule has 2 N–H and O–H groups in total. The molecule has 0 radical (unpaired) electrons. The topological polar surface area (TPSA) is 95.2 Å². The summed E-state index contributed by atoms with van der Waals surface area (Å²) in [5.74, 6) is -0.299. The molecule has 27 heavy (non-hydrogen) atoms. The van der Waals surface area contributed by atoms with E-state index in [4.69, 9.17) is 10.5 Å². The van der Waals surface area contributed by atoms with Crippen LogP contribution in [-0.4, -0.2) is 27.9 Å². The van der Waals surface area contributed by atoms with Crippen LogP contribution in [0.15, 0.2) is 24.3 Å². The molecule has 0 spiro atoms. The molecule has 0 unspecified atom stereocenters. The van der Waals surface area contributed by atoms with Gasteiger partial charge in [-0.15, -0.1) is 0 Å². The molecule has 1 amide bonds. The van der Waals surface area contributed by atoms with Gasteiger partial charge in [0.1, 0.15) is 11.8 Å². The summed E-state index contributed by atoms with van der Waals surface area (Å²) >= 11 is 0. The summed E-state index contributed by atoms with van der Waals surface area (Å²) in [7, 11) is 0. The lowest BCUT2D eigenvalue weighted by Gasteiger charge is -2.28. The molecule has 6 nitrogen and oxygen atoms in total. The molecule has 1 fully saturated rings. The van der Waals surface area contributed by atoms with Crippen LogP contribution in [0.4, 0.5) is 0 Å². The van der Waals surface area contributed by atoms with Crippen LogP contribution in [0.1, 0.15) is 66.0 Å². The number of aryl methyl sites for hydroxylation is 2. The van der Waals surface area contributed by atoms with Crippen LogP contribution in [0.5, 0.6) is 0 Å². The predicted molar refractivity (Wildman–Crippen MR) is 102 cm³/mol. The SMILES string of the molecule is CC(=O)OC1CCC(c2ccc(-c3nc(C(N)=O)c(C)nc3C)cc2)CC1. The van der Waals surface area contributed by atoms with Crippen molar-refractivity contribution in [3.05, 3.63) is 46.9 Å². The first-order valence-electron chi connectivity index (χ1n) is 9.27. The third-order valence-electron chi connectivity index (χ3n) is 5.14. The van der Waals surface area contributed by atoms with Crippen molar-refractivity contribution in [3.63, 3.8) is 0 Å². The molecule has 1 aliphatic carbocycles. The number of carbonyl (C=O) groups excluding carboxylic acids is 2. The molecule has 1 aromatic carbocycles. The van der Waals surface area contributed by atoms with E-state index in [1.165, 1.54) is 12.5 Å². The maximum atomic E-state index is 11.6. The number of benzene rings is 1. The summed E-state index contributed by atoms with van der Waals surface area (Å²) < 4.78 is 5.31. The van der Waals surface area contributed by atoms with Crippen LogP contribution >= 0.6 is 0 Å². The highest BCUT2D eigenvalue weighted by molar-refractivity contribution is 5.92. The van der Waals surface area contributed by atoms with Gasteiger partial charge in [0.25, 0.3) is 5.91 Å². The van der Waals surface area contributed by atoms with E-state index in [0.717, 1.165) is 36.9 Å². The second-order valence-corrected chi connectivity index (χ2v) is 7.16. The number of nitrogens with zero attached hydrogens (tertiary/aromatic N) is 2. The number of carbonyl (C=O) groups is 2. The van der Waals surface area contributed by atoms with Gasteiger partial charge in [-0.25, -0.2) is 4.98 Å². The fraction of sp³-hybridized carbons (Fsp3) is 0.429. The van der Waals surface area contributed by atoms with Gasteiger partial charge in [-0.3, -0.25) is 14.6 Å². The Balaban J connectivity index is 1.76. The lowest BCUT2D eigenvalue weighted by atomic mass is 9.82. The van der Waals surface area contributed by atoms with E-state index in [2.05, 4.69) is 22.1 Å². The van der Waals surface area contributed by atoms with Gasteiger partial charge >= 0.3 is 5.97 Å². The minimum absolute atomic E-state index is 0.0516. The fourth-order valence-electron chi connectivity index (χ4n) is 3.80. The molecule has 142 valence electrons. The number of hydrogen-bond acceptors (Lipinski definition) is 5. The van der Waals surface area contributed by atoms with Crippen molar-refractivity contribution in [3.8, 4) is 11.3 Å². The third kappa shape index (κ3) is 4.32. The zero-order valence-corrected chi connectivity index (χ0v) is 16.0. The summed E-state index contributed by atoms with van der Waals surface area (Å²) in [6, 6.07) is 8.25. The van der Waals surface area contributed by atoms with Gasteiger partial charge in [-0.1, -0.05) is 24.3 Å². The zero-order chi connectivity index (χ0) is 19.6. The zero-order valence-electron chi connectivity index (χ0n) is 16.0. The molecule has 1 saturated carbocycles. The van der Waals surface area contributed by atoms with Crippen LogP contribution in [0.25, 0.3) is 11.3 Å². The molecular formula is C21H25N3O3. The Morgan fingerprint density at radius 3 is 2.19 bits per heavy atom. The molecule has 0 bridgehead atoms. The highest BCUT2D eigenvalue weighted by Gasteiger charge is 2.24. The largest absolute Gasteiger partial charge is 0.463 e. The summed E-state index contributed by atoms with van der Waals surface area (Å²) in [6.07, 6.45) is 3.86. The van der Waals surface area contributed by atoms with Crippen molar-refractivity contribution in [2.24, 2.45) is 5.73 Å². The number of ether oxygens (including phenoxy) is 1. The quantitative estimate of drug-likeness (QED) is 0.835. The Morgan fingerprint density at radius 1 is 1.00 bits per heavy atom. The van der Waals surface area contributed by atoms with Crippen molar-refractivity contribution < 1.29 is 14.3 Å². The van der Waals surface area contributed by atoms with E-state index in [1.54, 1.807) is 6.92 Å². The standard InChI is InChI=1S/C21H25N3O3/c1-12-19(24-20(21(22)26)13(2)23-12)17-6-4-15(5-7-17)16-8-10-18(11-9-16)27-14(3)25/h4-7,16,18H,8-11H2,1-3H3,(H2,22,26). The van der Waals surface area contributed by atoms with Crippen LogP contribution in [0.3, 0.4) is 0 Å². The number of rotatable bonds is 4. The monoisotopic (exact) mass is 367 g/mol. The molecule has 6 heteroatoms. The minimum atomic E-state index is -0.567. The van der Waals surface area contributed by atoms with Gasteiger partial charge in [0.05, 0.1) is 17.1 Å². The van der Waals surface area contributed by atoms with E-state index in [0.29, 0.717) is 17.3 Å². The Morgan fingerprint density at radius 2 is 1.63 bits per heavy atom. The first-order valence-corrected chi connectivity index (χ1v) is 9.27. The summed E-state index contributed by atoms with van der Waals surface area (Å²) in [4.78, 5) is 31.5. The highest BCUT2D eigenvalue weighted by atomic mass is 16.5. The van der Waals surface area contributed by atoms with E-state index in [1.807, 2.05) is 19.1 Å². The van der Waals surface area contributed by atoms with Crippen LogP contribution < -0.4 is 5.73 Å². The fourth-order valence-corrected chi connectivity index (χ4v) is 3.80. The van der Waals surface area contributed by atoms with E-state index in [9.17, 15) is 9.59 Å². The summed E-state index contributed by atoms with van der Waals surface area (Å²) in [5, 5.41) is 0. The number of hydrogen-bond donors (Lipinski definition) is 1. The molecule has 0 aliphatic heterocycles. The molecule has 3 rings (SSSR count). The van der Waals surface area contributed by atoms with E-state index < -0.39 is 5.91 Å². The Bertz CT molecular complexity index is 854. The second kappa shape index (κ2) is 7.86. The number of primary amides is 1. The first-order chi connectivity index (χ1) is 12.8. The van der Waals surface area contributed by atoms with Gasteiger partial charge in [0.2, 0.25) is 0 Å². The molecule has 0 atom stereocenters. The average Bonchev–Trinajstić information content (AvgIpc) is 2.62. The lowest BCUT2D eigenvalue weighted by Crippen LogP contribution is -2.22. The van der Waals surface area contributed by atoms with Crippen molar-refractivity contribution >= 4 is 11.9 Å². The summed E-state index contributed by atoms with van der Waals surface area (Å²) in [6.45, 7) is 5.08. The van der Waals surface area contributed by atoms with E-state index in [-0.39, 0.29) is 17.8 Å². The molecule has 2 aromatic rings. The van der Waals surface area contributed by atoms with Crippen LogP contribution in [0, 0.1) is 13.8 Å². The third-order valence-corrected chi connectivity index (χ3v) is 5.14. The Hall–Kier alpha value is -2.76. The smallest absolute Gasteiger partial charge is 0.302 e. The van der Waals surface area contributed by atoms with Gasteiger partial charge in [0, 0.05) is 12.5 Å². The van der Waals surface area contributed by atoms with Crippen LogP contribution in [-0.2, 0) is 9.53 Å². The minimum Gasteiger partial charge on any atom is -0.463 e. The van der Waals surface area contributed by atoms with Gasteiger partial charge in [-0.05, 0) is 51.0 Å². The van der Waals surface area contributed by atoms with Crippen molar-refractivity contribution in [2.45, 2.75) is 58.5 Å². The number of nitrogens with two attached hydrogens (primary N) is 1. The first kappa shape index (κ1) is 19.0. The van der Waals surface area contributed by atoms with Crippen LogP contribution in [0.2, 0.25) is 0 Å². The van der Waals surface area contributed by atoms with Crippen molar-refractivity contribution in [1.29, 1.82) is 0 Å². The van der Waals surface area contributed by atoms with Gasteiger partial charge < -0.3 is 10.5 Å².